The molecule has 2 aliphatic heterocycles. The summed E-state index contributed by atoms with van der Waals surface area (Å²) in [6.07, 6.45) is 0.524. The van der Waals surface area contributed by atoms with E-state index in [1.54, 1.807) is 0 Å². The zero-order chi connectivity index (χ0) is 19.8. The number of Topliss-reactive ketones (excluding diaryl/α,β-unsaturated/α-hetero) is 2. The monoisotopic (exact) mass is 380 g/mol. The molecule has 2 saturated heterocycles. The van der Waals surface area contributed by atoms with Gasteiger partial charge in [-0.05, 0) is 49.0 Å². The second kappa shape index (κ2) is 5.94. The standard InChI is InChI=1S/C20H28O7/c1-10-14(22)15(23)19(3)11(8-21)5-4-6-12(19)18(10,2)7-13-20(9-26-20)16(24)17(25)27-13/h5,10,12-14,17,21-22,25H,4,6-9H2,1-3H3/t10-,12+,13-,14-,17?,18-,19-,20+/m1/s1. The van der Waals surface area contributed by atoms with E-state index in [0.29, 0.717) is 12.0 Å². The zero-order valence-electron chi connectivity index (χ0n) is 16.0. The number of ketones is 2. The van der Waals surface area contributed by atoms with Crippen LogP contribution < -0.4 is 0 Å². The molecule has 1 unspecified atom stereocenters. The number of allylic oxidation sites excluding steroid dienone is 1. The summed E-state index contributed by atoms with van der Waals surface area (Å²) in [5.41, 5.74) is -1.92. The third-order valence-electron chi connectivity index (χ3n) is 8.01. The Labute approximate surface area is 158 Å². The van der Waals surface area contributed by atoms with Crippen LogP contribution in [0.2, 0.25) is 0 Å². The van der Waals surface area contributed by atoms with Gasteiger partial charge in [0.25, 0.3) is 0 Å². The third kappa shape index (κ3) is 2.32. The number of epoxide rings is 1. The van der Waals surface area contributed by atoms with E-state index in [1.165, 1.54) is 0 Å². The molecule has 8 atom stereocenters. The fourth-order valence-corrected chi connectivity index (χ4v) is 5.95. The highest BCUT2D eigenvalue weighted by molar-refractivity contribution is 5.95. The van der Waals surface area contributed by atoms with Gasteiger partial charge in [-0.3, -0.25) is 9.59 Å². The molecule has 7 nitrogen and oxygen atoms in total. The van der Waals surface area contributed by atoms with E-state index >= 15 is 0 Å². The van der Waals surface area contributed by atoms with Crippen molar-refractivity contribution in [3.05, 3.63) is 11.6 Å². The van der Waals surface area contributed by atoms with Crippen molar-refractivity contribution in [2.45, 2.75) is 64.1 Å². The molecule has 0 radical (unpaired) electrons. The number of carbonyl (C=O) groups is 2. The lowest BCUT2D eigenvalue weighted by Crippen LogP contribution is -2.62. The second-order valence-electron chi connectivity index (χ2n) is 9.05. The first-order valence-corrected chi connectivity index (χ1v) is 9.67. The molecule has 4 aliphatic rings. The fourth-order valence-electron chi connectivity index (χ4n) is 5.95. The first kappa shape index (κ1) is 19.2. The SMILES string of the molecule is C[C@@H]1[C@@H](O)C(=O)[C@]2(C)C(CO)=CCC[C@H]2[C@]1(C)C[C@H]1OC(O)C(=O)[C@]12CO2. The maximum atomic E-state index is 13.1. The molecule has 4 rings (SSSR count). The van der Waals surface area contributed by atoms with Crippen LogP contribution in [-0.4, -0.2) is 64.2 Å². The van der Waals surface area contributed by atoms with Gasteiger partial charge in [-0.2, -0.15) is 0 Å². The zero-order valence-corrected chi connectivity index (χ0v) is 16.0. The molecule has 2 heterocycles. The number of carbonyl (C=O) groups excluding carboxylic acids is 2. The Morgan fingerprint density at radius 3 is 2.48 bits per heavy atom. The Kier molecular flexibility index (Phi) is 4.22. The smallest absolute Gasteiger partial charge is 0.225 e. The predicted molar refractivity (Wildman–Crippen MR) is 93.5 cm³/mol. The lowest BCUT2D eigenvalue weighted by Gasteiger charge is -2.58. The summed E-state index contributed by atoms with van der Waals surface area (Å²) in [6, 6.07) is 0. The normalized spacial score (nSPS) is 52.1. The van der Waals surface area contributed by atoms with Gasteiger partial charge in [0.15, 0.2) is 11.4 Å². The van der Waals surface area contributed by atoms with Crippen molar-refractivity contribution in [2.75, 3.05) is 13.2 Å². The summed E-state index contributed by atoms with van der Waals surface area (Å²) in [7, 11) is 0. The highest BCUT2D eigenvalue weighted by atomic mass is 16.7. The highest BCUT2D eigenvalue weighted by Crippen LogP contribution is 2.61. The molecule has 0 aromatic rings. The summed E-state index contributed by atoms with van der Waals surface area (Å²) >= 11 is 0. The van der Waals surface area contributed by atoms with Crippen LogP contribution >= 0.6 is 0 Å². The molecule has 2 aliphatic carbocycles. The number of fused-ring (bicyclic) bond motifs is 1. The number of aliphatic hydroxyl groups is 3. The van der Waals surface area contributed by atoms with Crippen LogP contribution in [0.3, 0.4) is 0 Å². The van der Waals surface area contributed by atoms with E-state index < -0.39 is 40.7 Å². The van der Waals surface area contributed by atoms with Gasteiger partial charge < -0.3 is 24.8 Å². The van der Waals surface area contributed by atoms with Crippen molar-refractivity contribution in [1.82, 2.24) is 0 Å². The molecular formula is C20H28O7. The molecule has 0 amide bonds. The first-order chi connectivity index (χ1) is 12.6. The van der Waals surface area contributed by atoms with Crippen LogP contribution in [0.4, 0.5) is 0 Å². The molecule has 7 heteroatoms. The molecule has 1 spiro atoms. The van der Waals surface area contributed by atoms with Gasteiger partial charge in [0.1, 0.15) is 12.2 Å². The molecule has 0 bridgehead atoms. The van der Waals surface area contributed by atoms with E-state index in [9.17, 15) is 24.9 Å². The highest BCUT2D eigenvalue weighted by Gasteiger charge is 2.69. The van der Waals surface area contributed by atoms with Gasteiger partial charge in [-0.25, -0.2) is 0 Å². The Morgan fingerprint density at radius 2 is 1.89 bits per heavy atom. The molecule has 0 aromatic carbocycles. The summed E-state index contributed by atoms with van der Waals surface area (Å²) in [4.78, 5) is 25.3. The van der Waals surface area contributed by atoms with Crippen LogP contribution in [0.1, 0.15) is 40.0 Å². The van der Waals surface area contributed by atoms with E-state index in [4.69, 9.17) is 9.47 Å². The maximum absolute atomic E-state index is 13.1. The van der Waals surface area contributed by atoms with Crippen molar-refractivity contribution in [1.29, 1.82) is 0 Å². The van der Waals surface area contributed by atoms with E-state index in [0.717, 1.165) is 12.8 Å². The second-order valence-corrected chi connectivity index (χ2v) is 9.05. The van der Waals surface area contributed by atoms with Crippen molar-refractivity contribution >= 4 is 11.6 Å². The topological polar surface area (TPSA) is 117 Å². The average Bonchev–Trinajstić information content (AvgIpc) is 3.41. The number of hydrogen-bond acceptors (Lipinski definition) is 7. The molecule has 27 heavy (non-hydrogen) atoms. The minimum absolute atomic E-state index is 0.115. The van der Waals surface area contributed by atoms with Gasteiger partial charge in [-0.1, -0.05) is 19.9 Å². The summed E-state index contributed by atoms with van der Waals surface area (Å²) in [5, 5.41) is 30.5. The van der Waals surface area contributed by atoms with Crippen molar-refractivity contribution in [3.8, 4) is 0 Å². The molecule has 3 fully saturated rings. The third-order valence-corrected chi connectivity index (χ3v) is 8.01. The lowest BCUT2D eigenvalue weighted by atomic mass is 9.45. The number of rotatable bonds is 3. The van der Waals surface area contributed by atoms with Crippen LogP contribution in [-0.2, 0) is 19.1 Å². The Morgan fingerprint density at radius 1 is 1.22 bits per heavy atom. The van der Waals surface area contributed by atoms with Gasteiger partial charge in [0.2, 0.25) is 12.1 Å². The van der Waals surface area contributed by atoms with Crippen LogP contribution in [0.15, 0.2) is 11.6 Å². The Hall–Kier alpha value is -1.12. The van der Waals surface area contributed by atoms with Gasteiger partial charge >= 0.3 is 0 Å². The van der Waals surface area contributed by atoms with Crippen molar-refractivity contribution in [3.63, 3.8) is 0 Å². The minimum atomic E-state index is -1.49. The van der Waals surface area contributed by atoms with Gasteiger partial charge in [0.05, 0.1) is 18.6 Å². The molecule has 1 saturated carbocycles. The predicted octanol–water partition coefficient (Wildman–Crippen LogP) is 0.353. The first-order valence-electron chi connectivity index (χ1n) is 9.67. The molecular weight excluding hydrogens is 352 g/mol. The van der Waals surface area contributed by atoms with Gasteiger partial charge in [-0.15, -0.1) is 0 Å². The number of ether oxygens (including phenoxy) is 2. The maximum Gasteiger partial charge on any atom is 0.225 e. The number of aliphatic hydroxyl groups excluding tert-OH is 3. The largest absolute Gasteiger partial charge is 0.392 e. The number of hydrogen-bond donors (Lipinski definition) is 3. The van der Waals surface area contributed by atoms with Crippen LogP contribution in [0, 0.1) is 22.7 Å². The molecule has 150 valence electrons. The van der Waals surface area contributed by atoms with Crippen LogP contribution in [0.25, 0.3) is 0 Å². The summed E-state index contributed by atoms with van der Waals surface area (Å²) in [5.74, 6) is -1.17. The van der Waals surface area contributed by atoms with Gasteiger partial charge in [0, 0.05) is 0 Å². The molecule has 0 aromatic heterocycles. The average molecular weight is 380 g/mol. The van der Waals surface area contributed by atoms with E-state index in [-0.39, 0.29) is 30.8 Å². The Balaban J connectivity index is 1.73. The van der Waals surface area contributed by atoms with E-state index in [2.05, 4.69) is 0 Å². The van der Waals surface area contributed by atoms with Crippen LogP contribution in [0.5, 0.6) is 0 Å². The summed E-state index contributed by atoms with van der Waals surface area (Å²) in [6.45, 7) is 5.69. The minimum Gasteiger partial charge on any atom is -0.392 e. The van der Waals surface area contributed by atoms with Crippen molar-refractivity contribution in [2.24, 2.45) is 22.7 Å². The molecule has 3 N–H and O–H groups in total. The summed E-state index contributed by atoms with van der Waals surface area (Å²) < 4.78 is 11.0. The fraction of sp³-hybridized carbons (Fsp3) is 0.800. The van der Waals surface area contributed by atoms with E-state index in [1.807, 2.05) is 26.8 Å². The quantitative estimate of drug-likeness (QED) is 0.478. The lowest BCUT2D eigenvalue weighted by molar-refractivity contribution is -0.174. The Bertz CT molecular complexity index is 711. The van der Waals surface area contributed by atoms with Crippen molar-refractivity contribution < 1.29 is 34.4 Å².